The number of ketones is 1. The van der Waals surface area contributed by atoms with E-state index in [0.29, 0.717) is 6.42 Å². The van der Waals surface area contributed by atoms with Gasteiger partial charge in [0.1, 0.15) is 0 Å². The van der Waals surface area contributed by atoms with Crippen molar-refractivity contribution in [3.63, 3.8) is 0 Å². The van der Waals surface area contributed by atoms with Crippen LogP contribution < -0.4 is 4.90 Å². The van der Waals surface area contributed by atoms with Gasteiger partial charge in [0.25, 0.3) is 0 Å². The van der Waals surface area contributed by atoms with Gasteiger partial charge in [-0.25, -0.2) is 0 Å². The van der Waals surface area contributed by atoms with E-state index >= 15 is 0 Å². The Morgan fingerprint density at radius 3 is 3.14 bits per heavy atom. The minimum atomic E-state index is 0.286. The van der Waals surface area contributed by atoms with E-state index in [2.05, 4.69) is 23.1 Å². The van der Waals surface area contributed by atoms with E-state index in [4.69, 9.17) is 0 Å². The van der Waals surface area contributed by atoms with Crippen molar-refractivity contribution >= 4 is 17.5 Å². The predicted molar refractivity (Wildman–Crippen MR) is 56.6 cm³/mol. The fraction of sp³-hybridized carbons (Fsp3) is 0.250. The lowest BCUT2D eigenvalue weighted by molar-refractivity contribution is 0.0980. The van der Waals surface area contributed by atoms with Crippen LogP contribution in [0.25, 0.3) is 6.08 Å². The lowest BCUT2D eigenvalue weighted by atomic mass is 9.94. The Bertz CT molecular complexity index is 434. The highest BCUT2D eigenvalue weighted by molar-refractivity contribution is 6.05. The highest BCUT2D eigenvalue weighted by Crippen LogP contribution is 2.33. The Kier molecular flexibility index (Phi) is 1.51. The molecular weight excluding hydrogens is 174 g/mol. The minimum Gasteiger partial charge on any atom is -0.366 e. The van der Waals surface area contributed by atoms with Gasteiger partial charge in [-0.2, -0.15) is 0 Å². The van der Waals surface area contributed by atoms with E-state index in [9.17, 15) is 4.79 Å². The van der Waals surface area contributed by atoms with Gasteiger partial charge in [-0.15, -0.1) is 0 Å². The summed E-state index contributed by atoms with van der Waals surface area (Å²) in [5.41, 5.74) is 3.23. The zero-order chi connectivity index (χ0) is 9.54. The smallest absolute Gasteiger partial charge is 0.166 e. The third-order valence-electron chi connectivity index (χ3n) is 2.92. The number of hydrogen-bond acceptors (Lipinski definition) is 2. The zero-order valence-electron chi connectivity index (χ0n) is 7.86. The van der Waals surface area contributed by atoms with Gasteiger partial charge in [0.2, 0.25) is 0 Å². The van der Waals surface area contributed by atoms with Crippen LogP contribution >= 0.6 is 0 Å². The largest absolute Gasteiger partial charge is 0.366 e. The number of nitrogens with zero attached hydrogens (tertiary/aromatic N) is 1. The van der Waals surface area contributed by atoms with E-state index in [1.54, 1.807) is 0 Å². The molecule has 0 atom stereocenters. The molecule has 0 bridgehead atoms. The van der Waals surface area contributed by atoms with Crippen LogP contribution in [-0.2, 0) is 0 Å². The van der Waals surface area contributed by atoms with Crippen molar-refractivity contribution in [3.05, 3.63) is 35.4 Å². The summed E-state index contributed by atoms with van der Waals surface area (Å²) in [5, 5.41) is 0. The molecule has 70 valence electrons. The summed E-state index contributed by atoms with van der Waals surface area (Å²) in [6.45, 7) is 1.81. The first-order valence-corrected chi connectivity index (χ1v) is 4.94. The topological polar surface area (TPSA) is 20.3 Å². The highest BCUT2D eigenvalue weighted by Gasteiger charge is 2.25. The lowest BCUT2D eigenvalue weighted by Gasteiger charge is -2.33. The molecule has 2 aliphatic rings. The summed E-state index contributed by atoms with van der Waals surface area (Å²) in [5.74, 6) is 0.286. The number of carbonyl (C=O) groups excluding carboxylic acids is 1. The average Bonchev–Trinajstić information content (AvgIpc) is 2.24. The second-order valence-corrected chi connectivity index (χ2v) is 3.76. The second kappa shape index (κ2) is 2.71. The maximum Gasteiger partial charge on any atom is 0.166 e. The van der Waals surface area contributed by atoms with Gasteiger partial charge in [0, 0.05) is 25.1 Å². The summed E-state index contributed by atoms with van der Waals surface area (Å²) >= 11 is 0. The molecule has 0 spiro atoms. The third-order valence-corrected chi connectivity index (χ3v) is 2.92. The normalized spacial score (nSPS) is 18.3. The van der Waals surface area contributed by atoms with E-state index in [1.807, 2.05) is 12.1 Å². The molecule has 0 saturated carbocycles. The van der Waals surface area contributed by atoms with Crippen molar-refractivity contribution in [3.8, 4) is 0 Å². The summed E-state index contributed by atoms with van der Waals surface area (Å²) in [6, 6.07) is 5.97. The maximum absolute atomic E-state index is 11.7. The molecule has 14 heavy (non-hydrogen) atoms. The summed E-state index contributed by atoms with van der Waals surface area (Å²) in [7, 11) is 0. The number of rotatable bonds is 0. The predicted octanol–water partition coefficient (Wildman–Crippen LogP) is 2.11. The van der Waals surface area contributed by atoms with Crippen molar-refractivity contribution < 1.29 is 4.79 Å². The van der Waals surface area contributed by atoms with Crippen LogP contribution in [0.3, 0.4) is 0 Å². The molecule has 0 fully saturated rings. The number of para-hydroxylation sites is 1. The monoisotopic (exact) mass is 185 g/mol. The molecule has 0 unspecified atom stereocenters. The molecule has 0 saturated heterocycles. The Morgan fingerprint density at radius 2 is 2.21 bits per heavy atom. The number of hydrogen-bond donors (Lipinski definition) is 0. The molecular formula is C12H11NO. The van der Waals surface area contributed by atoms with Gasteiger partial charge in [0.05, 0.1) is 5.69 Å². The molecule has 0 aliphatic carbocycles. The minimum absolute atomic E-state index is 0.286. The van der Waals surface area contributed by atoms with Crippen LogP contribution in [0.15, 0.2) is 24.3 Å². The Labute approximate surface area is 82.8 Å². The Balaban J connectivity index is 2.29. The molecule has 3 rings (SSSR count). The standard InChI is InChI=1S/C12H11NO/c14-11-6-8-13-7-2-4-9-3-1-5-10(11)12(9)13/h1-5H,6-8H2. The van der Waals surface area contributed by atoms with Gasteiger partial charge in [0.15, 0.2) is 5.78 Å². The van der Waals surface area contributed by atoms with Crippen molar-refractivity contribution in [1.82, 2.24) is 0 Å². The molecule has 2 aliphatic heterocycles. The van der Waals surface area contributed by atoms with Crippen molar-refractivity contribution in [1.29, 1.82) is 0 Å². The first-order chi connectivity index (χ1) is 6.86. The lowest BCUT2D eigenvalue weighted by Crippen LogP contribution is -2.34. The van der Waals surface area contributed by atoms with Crippen LogP contribution in [0.5, 0.6) is 0 Å². The summed E-state index contributed by atoms with van der Waals surface area (Å²) < 4.78 is 0. The third kappa shape index (κ3) is 0.939. The molecule has 2 heterocycles. The first kappa shape index (κ1) is 7.80. The highest BCUT2D eigenvalue weighted by atomic mass is 16.1. The van der Waals surface area contributed by atoms with Gasteiger partial charge < -0.3 is 4.90 Å². The van der Waals surface area contributed by atoms with Crippen LogP contribution in [0.2, 0.25) is 0 Å². The van der Waals surface area contributed by atoms with Crippen LogP contribution in [0.1, 0.15) is 22.3 Å². The number of benzene rings is 1. The average molecular weight is 185 g/mol. The van der Waals surface area contributed by atoms with Gasteiger partial charge in [-0.1, -0.05) is 24.3 Å². The summed E-state index contributed by atoms with van der Waals surface area (Å²) in [6.07, 6.45) is 4.92. The van der Waals surface area contributed by atoms with E-state index in [1.165, 1.54) is 5.56 Å². The van der Waals surface area contributed by atoms with Gasteiger partial charge in [-0.3, -0.25) is 4.79 Å². The van der Waals surface area contributed by atoms with Crippen molar-refractivity contribution in [2.45, 2.75) is 6.42 Å². The van der Waals surface area contributed by atoms with Gasteiger partial charge in [-0.05, 0) is 11.6 Å². The van der Waals surface area contributed by atoms with E-state index in [-0.39, 0.29) is 5.78 Å². The molecule has 0 aromatic heterocycles. The molecule has 0 amide bonds. The SMILES string of the molecule is O=C1CCN2CC=Cc3cccc1c32. The number of Topliss-reactive ketones (excluding diaryl/α,β-unsaturated/α-hetero) is 1. The Morgan fingerprint density at radius 1 is 1.29 bits per heavy atom. The Hall–Kier alpha value is -1.57. The fourth-order valence-electron chi connectivity index (χ4n) is 2.25. The van der Waals surface area contributed by atoms with Crippen molar-refractivity contribution in [2.24, 2.45) is 0 Å². The van der Waals surface area contributed by atoms with E-state index < -0.39 is 0 Å². The molecule has 2 nitrogen and oxygen atoms in total. The van der Waals surface area contributed by atoms with Gasteiger partial charge >= 0.3 is 0 Å². The first-order valence-electron chi connectivity index (χ1n) is 4.94. The van der Waals surface area contributed by atoms with Crippen molar-refractivity contribution in [2.75, 3.05) is 18.0 Å². The van der Waals surface area contributed by atoms with E-state index in [0.717, 1.165) is 24.3 Å². The number of carbonyl (C=O) groups is 1. The van der Waals surface area contributed by atoms with Crippen LogP contribution in [-0.4, -0.2) is 18.9 Å². The second-order valence-electron chi connectivity index (χ2n) is 3.76. The zero-order valence-corrected chi connectivity index (χ0v) is 7.86. The molecule has 0 N–H and O–H groups in total. The number of anilines is 1. The molecule has 2 heteroatoms. The summed E-state index contributed by atoms with van der Waals surface area (Å²) in [4.78, 5) is 14.0. The molecule has 0 radical (unpaired) electrons. The fourth-order valence-corrected chi connectivity index (χ4v) is 2.25. The van der Waals surface area contributed by atoms with Crippen LogP contribution in [0.4, 0.5) is 5.69 Å². The van der Waals surface area contributed by atoms with Crippen LogP contribution in [0, 0.1) is 0 Å². The maximum atomic E-state index is 11.7. The molecule has 1 aromatic carbocycles. The quantitative estimate of drug-likeness (QED) is 0.617. The molecule has 1 aromatic rings.